The second-order valence-electron chi connectivity index (χ2n) is 3.64. The second-order valence-corrected chi connectivity index (χ2v) is 3.64. The maximum absolute atomic E-state index is 11.0. The number of rotatable bonds is 8. The number of unbranched alkanes of at least 4 members (excludes halogenated alkanes) is 3. The molecule has 1 atom stereocenters. The van der Waals surface area contributed by atoms with Crippen molar-refractivity contribution in [2.75, 3.05) is 6.54 Å². The largest absolute Gasteiger partial charge is 0.481 e. The van der Waals surface area contributed by atoms with E-state index in [1.54, 1.807) is 6.92 Å². The van der Waals surface area contributed by atoms with Gasteiger partial charge in [0, 0.05) is 13.0 Å². The lowest BCUT2D eigenvalue weighted by atomic mass is 10.1. The van der Waals surface area contributed by atoms with E-state index in [0.717, 1.165) is 19.3 Å². The lowest BCUT2D eigenvalue weighted by molar-refractivity contribution is -0.137. The molecule has 0 aliphatic heterocycles. The van der Waals surface area contributed by atoms with Crippen LogP contribution in [-0.4, -0.2) is 29.6 Å². The van der Waals surface area contributed by atoms with E-state index in [1.807, 2.05) is 0 Å². The molecule has 0 unspecified atom stereocenters. The molecule has 88 valence electrons. The van der Waals surface area contributed by atoms with Gasteiger partial charge in [-0.05, 0) is 19.8 Å². The van der Waals surface area contributed by atoms with Crippen LogP contribution in [0.2, 0.25) is 0 Å². The molecule has 4 N–H and O–H groups in total. The summed E-state index contributed by atoms with van der Waals surface area (Å²) in [6, 6.07) is -0.461. The summed E-state index contributed by atoms with van der Waals surface area (Å²) in [6.45, 7) is 2.26. The molecule has 0 saturated heterocycles. The Hall–Kier alpha value is -1.10. The predicted molar refractivity (Wildman–Crippen MR) is 57.4 cm³/mol. The van der Waals surface area contributed by atoms with Crippen LogP contribution < -0.4 is 11.1 Å². The van der Waals surface area contributed by atoms with Crippen molar-refractivity contribution in [2.45, 2.75) is 45.1 Å². The Labute approximate surface area is 90.0 Å². The second kappa shape index (κ2) is 8.23. The zero-order chi connectivity index (χ0) is 11.7. The van der Waals surface area contributed by atoms with Gasteiger partial charge in [0.15, 0.2) is 0 Å². The van der Waals surface area contributed by atoms with Crippen LogP contribution in [0.1, 0.15) is 39.0 Å². The summed E-state index contributed by atoms with van der Waals surface area (Å²) in [6.07, 6.45) is 3.63. The monoisotopic (exact) mass is 216 g/mol. The molecular weight excluding hydrogens is 196 g/mol. The topological polar surface area (TPSA) is 92.4 Å². The minimum atomic E-state index is -0.750. The highest BCUT2D eigenvalue weighted by atomic mass is 16.4. The van der Waals surface area contributed by atoms with Crippen LogP contribution in [0.3, 0.4) is 0 Å². The number of carbonyl (C=O) groups is 2. The van der Waals surface area contributed by atoms with Crippen molar-refractivity contribution in [1.82, 2.24) is 5.32 Å². The Balaban J connectivity index is 3.18. The Morgan fingerprint density at radius 2 is 1.87 bits per heavy atom. The molecule has 0 aliphatic carbocycles. The first-order valence-electron chi connectivity index (χ1n) is 5.29. The van der Waals surface area contributed by atoms with Gasteiger partial charge < -0.3 is 16.2 Å². The summed E-state index contributed by atoms with van der Waals surface area (Å²) in [5, 5.41) is 11.1. The number of hydrogen-bond acceptors (Lipinski definition) is 3. The molecule has 0 aromatic rings. The Morgan fingerprint density at radius 1 is 1.27 bits per heavy atom. The Morgan fingerprint density at radius 3 is 2.40 bits per heavy atom. The summed E-state index contributed by atoms with van der Waals surface area (Å²) in [4.78, 5) is 21.2. The Bertz CT molecular complexity index is 205. The molecule has 0 spiro atoms. The lowest BCUT2D eigenvalue weighted by Crippen LogP contribution is -2.38. The van der Waals surface area contributed by atoms with Gasteiger partial charge in [-0.2, -0.15) is 0 Å². The third-order valence-corrected chi connectivity index (χ3v) is 2.03. The van der Waals surface area contributed by atoms with E-state index in [2.05, 4.69) is 5.32 Å². The van der Waals surface area contributed by atoms with Crippen LogP contribution in [0.5, 0.6) is 0 Å². The molecule has 0 rings (SSSR count). The van der Waals surface area contributed by atoms with Crippen molar-refractivity contribution in [3.8, 4) is 0 Å². The molecule has 0 saturated carbocycles. The number of aliphatic carboxylic acids is 1. The molecule has 1 amide bonds. The van der Waals surface area contributed by atoms with E-state index in [1.165, 1.54) is 0 Å². The van der Waals surface area contributed by atoms with Crippen LogP contribution >= 0.6 is 0 Å². The molecule has 0 radical (unpaired) electrons. The molecule has 0 heterocycles. The standard InChI is InChI=1S/C10H20N2O3/c1-8(11)10(15)12-7-5-3-2-4-6-9(13)14/h8H,2-7,11H2,1H3,(H,12,15)(H,13,14)/t8-/m1/s1. The van der Waals surface area contributed by atoms with E-state index in [9.17, 15) is 9.59 Å². The van der Waals surface area contributed by atoms with Crippen molar-refractivity contribution in [2.24, 2.45) is 5.73 Å². The molecule has 0 aromatic heterocycles. The third-order valence-electron chi connectivity index (χ3n) is 2.03. The van der Waals surface area contributed by atoms with Crippen molar-refractivity contribution < 1.29 is 14.7 Å². The van der Waals surface area contributed by atoms with Crippen molar-refractivity contribution in [3.05, 3.63) is 0 Å². The average Bonchev–Trinajstić information content (AvgIpc) is 2.15. The van der Waals surface area contributed by atoms with E-state index in [0.29, 0.717) is 13.0 Å². The minimum Gasteiger partial charge on any atom is -0.481 e. The van der Waals surface area contributed by atoms with Gasteiger partial charge in [0.05, 0.1) is 6.04 Å². The minimum absolute atomic E-state index is 0.138. The zero-order valence-corrected chi connectivity index (χ0v) is 9.16. The lowest BCUT2D eigenvalue weighted by Gasteiger charge is -2.06. The van der Waals surface area contributed by atoms with Crippen LogP contribution in [0.4, 0.5) is 0 Å². The number of nitrogens with two attached hydrogens (primary N) is 1. The van der Waals surface area contributed by atoms with Crippen molar-refractivity contribution >= 4 is 11.9 Å². The first-order chi connectivity index (χ1) is 7.04. The molecule has 15 heavy (non-hydrogen) atoms. The fourth-order valence-corrected chi connectivity index (χ4v) is 1.13. The van der Waals surface area contributed by atoms with Gasteiger partial charge >= 0.3 is 5.97 Å². The summed E-state index contributed by atoms with van der Waals surface area (Å²) in [5.74, 6) is -0.888. The number of carboxylic acid groups (broad SMARTS) is 1. The highest BCUT2D eigenvalue weighted by molar-refractivity contribution is 5.80. The van der Waals surface area contributed by atoms with Crippen molar-refractivity contribution in [1.29, 1.82) is 0 Å². The summed E-state index contributed by atoms with van der Waals surface area (Å²) < 4.78 is 0. The third kappa shape index (κ3) is 9.21. The van der Waals surface area contributed by atoms with E-state index < -0.39 is 12.0 Å². The number of carboxylic acids is 1. The highest BCUT2D eigenvalue weighted by Gasteiger charge is 2.04. The van der Waals surface area contributed by atoms with Gasteiger partial charge in [-0.3, -0.25) is 9.59 Å². The van der Waals surface area contributed by atoms with Crippen LogP contribution in [-0.2, 0) is 9.59 Å². The van der Waals surface area contributed by atoms with Crippen LogP contribution in [0.15, 0.2) is 0 Å². The number of hydrogen-bond donors (Lipinski definition) is 3. The van der Waals surface area contributed by atoms with Gasteiger partial charge in [0.1, 0.15) is 0 Å². The number of nitrogens with one attached hydrogen (secondary N) is 1. The average molecular weight is 216 g/mol. The molecule has 0 aliphatic rings. The summed E-state index contributed by atoms with van der Waals surface area (Å²) in [5.41, 5.74) is 5.35. The van der Waals surface area contributed by atoms with Crippen molar-refractivity contribution in [3.63, 3.8) is 0 Å². The fourth-order valence-electron chi connectivity index (χ4n) is 1.13. The molecule has 5 heteroatoms. The molecule has 0 aromatic carbocycles. The smallest absolute Gasteiger partial charge is 0.303 e. The predicted octanol–water partition coefficient (Wildman–Crippen LogP) is 0.485. The summed E-state index contributed by atoms with van der Waals surface area (Å²) in [7, 11) is 0. The number of carbonyl (C=O) groups excluding carboxylic acids is 1. The highest BCUT2D eigenvalue weighted by Crippen LogP contribution is 2.01. The summed E-state index contributed by atoms with van der Waals surface area (Å²) >= 11 is 0. The van der Waals surface area contributed by atoms with Gasteiger partial charge in [-0.25, -0.2) is 0 Å². The maximum atomic E-state index is 11.0. The van der Waals surface area contributed by atoms with Crippen LogP contribution in [0.25, 0.3) is 0 Å². The maximum Gasteiger partial charge on any atom is 0.303 e. The molecule has 0 fully saturated rings. The zero-order valence-electron chi connectivity index (χ0n) is 9.16. The van der Waals surface area contributed by atoms with E-state index >= 15 is 0 Å². The first-order valence-corrected chi connectivity index (χ1v) is 5.29. The molecule has 5 nitrogen and oxygen atoms in total. The van der Waals surface area contributed by atoms with Crippen LogP contribution in [0, 0.1) is 0 Å². The first kappa shape index (κ1) is 13.9. The quantitative estimate of drug-likeness (QED) is 0.515. The molecule has 0 bridgehead atoms. The van der Waals surface area contributed by atoms with Gasteiger partial charge in [0.2, 0.25) is 5.91 Å². The van der Waals surface area contributed by atoms with E-state index in [-0.39, 0.29) is 12.3 Å². The van der Waals surface area contributed by atoms with Gasteiger partial charge in [0.25, 0.3) is 0 Å². The van der Waals surface area contributed by atoms with E-state index in [4.69, 9.17) is 10.8 Å². The SMILES string of the molecule is C[C@@H](N)C(=O)NCCCCCCC(=O)O. The van der Waals surface area contributed by atoms with Gasteiger partial charge in [-0.1, -0.05) is 12.8 Å². The van der Waals surface area contributed by atoms with Gasteiger partial charge in [-0.15, -0.1) is 0 Å². The fraction of sp³-hybridized carbons (Fsp3) is 0.800. The molecular formula is C10H20N2O3. The normalized spacial score (nSPS) is 12.1. The number of amides is 1. The Kier molecular flexibility index (Phi) is 7.62.